The summed E-state index contributed by atoms with van der Waals surface area (Å²) in [5, 5.41) is 5.56. The van der Waals surface area contributed by atoms with Gasteiger partial charge in [-0.1, -0.05) is 0 Å². The molecule has 8 nitrogen and oxygen atoms in total. The summed E-state index contributed by atoms with van der Waals surface area (Å²) in [5.74, 6) is -1.29. The Morgan fingerprint density at radius 1 is 0.667 bits per heavy atom. The molecule has 0 aromatic rings. The average molecular weight is 340 g/mol. The van der Waals surface area contributed by atoms with E-state index in [1.54, 1.807) is 0 Å². The van der Waals surface area contributed by atoms with Gasteiger partial charge in [0, 0.05) is 24.9 Å². The monoisotopic (exact) mass is 340 g/mol. The first kappa shape index (κ1) is 18.2. The van der Waals surface area contributed by atoms with Gasteiger partial charge in [0.2, 0.25) is 11.8 Å². The van der Waals surface area contributed by atoms with Crippen LogP contribution in [0.15, 0.2) is 0 Å². The molecule has 0 heterocycles. The van der Waals surface area contributed by atoms with Gasteiger partial charge in [0.25, 0.3) is 0 Å². The molecule has 2 saturated carbocycles. The summed E-state index contributed by atoms with van der Waals surface area (Å²) in [5.41, 5.74) is 0. The molecule has 24 heavy (non-hydrogen) atoms. The van der Waals surface area contributed by atoms with E-state index in [1.165, 1.54) is 0 Å². The third-order valence-electron chi connectivity index (χ3n) is 3.61. The van der Waals surface area contributed by atoms with E-state index in [4.69, 9.17) is 9.47 Å². The van der Waals surface area contributed by atoms with Crippen LogP contribution in [0.4, 0.5) is 0 Å². The zero-order chi connectivity index (χ0) is 17.4. The molecule has 2 N–H and O–H groups in total. The quantitative estimate of drug-likeness (QED) is 0.410. The summed E-state index contributed by atoms with van der Waals surface area (Å²) in [6, 6.07) is 0.554. The summed E-state index contributed by atoms with van der Waals surface area (Å²) in [4.78, 5) is 45.6. The van der Waals surface area contributed by atoms with Crippen LogP contribution in [0.2, 0.25) is 0 Å². The van der Waals surface area contributed by atoms with Gasteiger partial charge in [-0.3, -0.25) is 19.2 Å². The molecule has 0 aromatic carbocycles. The predicted octanol–water partition coefficient (Wildman–Crippen LogP) is 0.190. The van der Waals surface area contributed by atoms with Crippen molar-refractivity contribution < 1.29 is 28.7 Å². The molecule has 2 fully saturated rings. The summed E-state index contributed by atoms with van der Waals surface area (Å²) in [6.07, 6.45) is 4.24. The molecule has 8 heteroatoms. The first-order valence-corrected chi connectivity index (χ1v) is 8.43. The van der Waals surface area contributed by atoms with Crippen molar-refractivity contribution in [3.8, 4) is 0 Å². The summed E-state index contributed by atoms with van der Waals surface area (Å²) < 4.78 is 9.75. The van der Waals surface area contributed by atoms with Crippen LogP contribution in [0.25, 0.3) is 0 Å². The van der Waals surface area contributed by atoms with E-state index in [0.717, 1.165) is 25.7 Å². The minimum Gasteiger partial charge on any atom is -0.462 e. The molecule has 0 aliphatic heterocycles. The van der Waals surface area contributed by atoms with Gasteiger partial charge in [0.1, 0.15) is 13.2 Å². The molecule has 2 amide bonds. The molecule has 2 aliphatic rings. The van der Waals surface area contributed by atoms with Gasteiger partial charge >= 0.3 is 11.9 Å². The number of hydrogen-bond donors (Lipinski definition) is 2. The van der Waals surface area contributed by atoms with E-state index in [2.05, 4.69) is 10.6 Å². The number of amides is 2. The maximum absolute atomic E-state index is 11.4. The summed E-state index contributed by atoms with van der Waals surface area (Å²) in [6.45, 7) is -0.105. The second kappa shape index (κ2) is 9.24. The van der Waals surface area contributed by atoms with Crippen molar-refractivity contribution in [3.05, 3.63) is 0 Å². The van der Waals surface area contributed by atoms with Crippen LogP contribution in [0.3, 0.4) is 0 Å². The minimum atomic E-state index is -0.499. The third-order valence-corrected chi connectivity index (χ3v) is 3.61. The second-order valence-corrected chi connectivity index (χ2v) is 6.12. The van der Waals surface area contributed by atoms with Gasteiger partial charge in [-0.05, 0) is 25.7 Å². The topological polar surface area (TPSA) is 111 Å². The number of esters is 2. The highest BCUT2D eigenvalue weighted by atomic mass is 16.6. The van der Waals surface area contributed by atoms with E-state index in [9.17, 15) is 19.2 Å². The van der Waals surface area contributed by atoms with E-state index < -0.39 is 11.9 Å². The Labute approximate surface area is 140 Å². The normalized spacial score (nSPS) is 16.2. The van der Waals surface area contributed by atoms with Crippen molar-refractivity contribution in [2.24, 2.45) is 0 Å². The Morgan fingerprint density at radius 3 is 1.38 bits per heavy atom. The number of carbonyl (C=O) groups excluding carboxylic acids is 4. The predicted molar refractivity (Wildman–Crippen MR) is 82.7 cm³/mol. The lowest BCUT2D eigenvalue weighted by Gasteiger charge is -2.07. The van der Waals surface area contributed by atoms with E-state index in [0.29, 0.717) is 0 Å². The lowest BCUT2D eigenvalue weighted by molar-refractivity contribution is -0.153. The van der Waals surface area contributed by atoms with Gasteiger partial charge < -0.3 is 20.1 Å². The molecular weight excluding hydrogens is 316 g/mol. The number of nitrogens with one attached hydrogen (secondary N) is 2. The zero-order valence-electron chi connectivity index (χ0n) is 13.7. The fourth-order valence-corrected chi connectivity index (χ4v) is 1.94. The number of ether oxygens (including phenoxy) is 2. The van der Waals surface area contributed by atoms with Gasteiger partial charge in [-0.2, -0.15) is 0 Å². The number of carbonyl (C=O) groups is 4. The van der Waals surface area contributed by atoms with Crippen LogP contribution in [-0.2, 0) is 28.7 Å². The van der Waals surface area contributed by atoms with E-state index >= 15 is 0 Å². The first-order valence-electron chi connectivity index (χ1n) is 8.43. The lowest BCUT2D eigenvalue weighted by Crippen LogP contribution is -2.26. The summed E-state index contributed by atoms with van der Waals surface area (Å²) >= 11 is 0. The number of hydrogen-bond acceptors (Lipinski definition) is 6. The SMILES string of the molecule is O=C(CCC(=O)OCCOC(=O)CCC(=O)NC1CC1)NC1CC1. The van der Waals surface area contributed by atoms with Crippen LogP contribution in [-0.4, -0.2) is 49.1 Å². The Hall–Kier alpha value is -2.12. The zero-order valence-corrected chi connectivity index (χ0v) is 13.7. The smallest absolute Gasteiger partial charge is 0.306 e. The fraction of sp³-hybridized carbons (Fsp3) is 0.750. The van der Waals surface area contributed by atoms with E-state index in [1.807, 2.05) is 0 Å². The van der Waals surface area contributed by atoms with Gasteiger partial charge in [0.05, 0.1) is 12.8 Å². The van der Waals surface area contributed by atoms with Crippen molar-refractivity contribution >= 4 is 23.8 Å². The Morgan fingerprint density at radius 2 is 1.04 bits per heavy atom. The molecule has 0 bridgehead atoms. The molecule has 2 aliphatic carbocycles. The highest BCUT2D eigenvalue weighted by molar-refractivity contribution is 5.82. The Balaban J connectivity index is 1.41. The van der Waals surface area contributed by atoms with Crippen molar-refractivity contribution in [1.82, 2.24) is 10.6 Å². The van der Waals surface area contributed by atoms with Crippen LogP contribution in [0.5, 0.6) is 0 Å². The molecule has 0 spiro atoms. The largest absolute Gasteiger partial charge is 0.462 e. The molecule has 0 unspecified atom stereocenters. The van der Waals surface area contributed by atoms with Crippen LogP contribution < -0.4 is 10.6 Å². The minimum absolute atomic E-state index is 0.00778. The van der Waals surface area contributed by atoms with Crippen molar-refractivity contribution in [1.29, 1.82) is 0 Å². The maximum atomic E-state index is 11.4. The van der Waals surface area contributed by atoms with Crippen LogP contribution in [0, 0.1) is 0 Å². The standard InChI is InChI=1S/C16H24N2O6/c19-13(17-11-1-2-11)5-7-15(21)23-9-10-24-16(22)8-6-14(20)18-12-3-4-12/h11-12H,1-10H2,(H,17,19)(H,18,20). The number of rotatable bonds is 11. The maximum Gasteiger partial charge on any atom is 0.306 e. The average Bonchev–Trinajstić information content (AvgIpc) is 3.44. The van der Waals surface area contributed by atoms with Crippen molar-refractivity contribution in [3.63, 3.8) is 0 Å². The summed E-state index contributed by atoms with van der Waals surface area (Å²) in [7, 11) is 0. The third kappa shape index (κ3) is 8.50. The first-order chi connectivity index (χ1) is 11.5. The molecule has 134 valence electrons. The van der Waals surface area contributed by atoms with Gasteiger partial charge in [-0.25, -0.2) is 0 Å². The Kier molecular flexibility index (Phi) is 7.02. The van der Waals surface area contributed by atoms with Crippen LogP contribution in [0.1, 0.15) is 51.4 Å². The van der Waals surface area contributed by atoms with Gasteiger partial charge in [0.15, 0.2) is 0 Å². The molecule has 0 saturated heterocycles. The molecule has 0 atom stereocenters. The highest BCUT2D eigenvalue weighted by Gasteiger charge is 2.24. The second-order valence-electron chi connectivity index (χ2n) is 6.12. The fourth-order valence-electron chi connectivity index (χ4n) is 1.94. The van der Waals surface area contributed by atoms with Crippen molar-refractivity contribution in [2.45, 2.75) is 63.5 Å². The van der Waals surface area contributed by atoms with Crippen molar-refractivity contribution in [2.75, 3.05) is 13.2 Å². The molecule has 0 aromatic heterocycles. The Bertz CT molecular complexity index is 441. The molecule has 2 rings (SSSR count). The van der Waals surface area contributed by atoms with E-state index in [-0.39, 0.29) is 62.8 Å². The van der Waals surface area contributed by atoms with Gasteiger partial charge in [-0.15, -0.1) is 0 Å². The van der Waals surface area contributed by atoms with Crippen LogP contribution >= 0.6 is 0 Å². The molecule has 0 radical (unpaired) electrons. The lowest BCUT2D eigenvalue weighted by atomic mass is 10.3. The molecular formula is C16H24N2O6. The highest BCUT2D eigenvalue weighted by Crippen LogP contribution is 2.19.